The molecule has 0 atom stereocenters. The van der Waals surface area contributed by atoms with Gasteiger partial charge in [0.2, 0.25) is 0 Å². The second-order valence-corrected chi connectivity index (χ2v) is 5.30. The fourth-order valence-electron chi connectivity index (χ4n) is 2.54. The summed E-state index contributed by atoms with van der Waals surface area (Å²) in [6.45, 7) is 1.98. The zero-order valence-electron chi connectivity index (χ0n) is 10.1. The van der Waals surface area contributed by atoms with Crippen LogP contribution in [-0.2, 0) is 13.5 Å². The Balaban J connectivity index is 2.13. The zero-order valence-corrected chi connectivity index (χ0v) is 10.1. The van der Waals surface area contributed by atoms with Gasteiger partial charge < -0.3 is 9.67 Å². The molecule has 1 aromatic carbocycles. The Labute approximate surface area is 99.7 Å². The van der Waals surface area contributed by atoms with Gasteiger partial charge in [-0.1, -0.05) is 0 Å². The van der Waals surface area contributed by atoms with E-state index in [0.717, 1.165) is 29.4 Å². The van der Waals surface area contributed by atoms with Crippen molar-refractivity contribution in [2.24, 2.45) is 7.05 Å². The first-order chi connectivity index (χ1) is 7.98. The molecule has 3 heteroatoms. The molecule has 0 amide bonds. The van der Waals surface area contributed by atoms with Crippen LogP contribution < -0.4 is 0 Å². The van der Waals surface area contributed by atoms with Crippen LogP contribution in [0.15, 0.2) is 18.3 Å². The van der Waals surface area contributed by atoms with Gasteiger partial charge in [-0.15, -0.1) is 0 Å². The number of fused-ring (bicyclic) bond motifs is 1. The number of aryl methyl sites for hydroxylation is 2. The van der Waals surface area contributed by atoms with E-state index in [1.165, 1.54) is 0 Å². The van der Waals surface area contributed by atoms with Crippen LogP contribution >= 0.6 is 0 Å². The number of aliphatic hydroxyl groups is 1. The minimum atomic E-state index is -0.567. The lowest BCUT2D eigenvalue weighted by molar-refractivity contribution is 0.151. The van der Waals surface area contributed by atoms with Crippen molar-refractivity contribution in [3.63, 3.8) is 0 Å². The normalized spacial score (nSPS) is 17.6. The molecular weight excluding hydrogens is 217 g/mol. The SMILES string of the molecule is Cc1cn(C)c2c(F)cc(CC3(O)CC3)cc12. The van der Waals surface area contributed by atoms with Crippen molar-refractivity contribution in [3.8, 4) is 0 Å². The highest BCUT2D eigenvalue weighted by molar-refractivity contribution is 5.85. The predicted octanol–water partition coefficient (Wildman–Crippen LogP) is 2.69. The van der Waals surface area contributed by atoms with E-state index < -0.39 is 5.60 Å². The molecule has 3 rings (SSSR count). The van der Waals surface area contributed by atoms with E-state index in [1.54, 1.807) is 6.07 Å². The lowest BCUT2D eigenvalue weighted by Gasteiger charge is -2.09. The molecule has 0 bridgehead atoms. The Bertz CT molecular complexity index is 596. The first kappa shape index (κ1) is 10.8. The fraction of sp³-hybridized carbons (Fsp3) is 0.429. The maximum absolute atomic E-state index is 14.0. The monoisotopic (exact) mass is 233 g/mol. The van der Waals surface area contributed by atoms with Crippen molar-refractivity contribution in [1.29, 1.82) is 0 Å². The van der Waals surface area contributed by atoms with Gasteiger partial charge in [0, 0.05) is 25.1 Å². The van der Waals surface area contributed by atoms with E-state index in [2.05, 4.69) is 0 Å². The van der Waals surface area contributed by atoms with Crippen LogP contribution in [0.5, 0.6) is 0 Å². The fourth-order valence-corrected chi connectivity index (χ4v) is 2.54. The van der Waals surface area contributed by atoms with Crippen LogP contribution in [0, 0.1) is 12.7 Å². The molecule has 1 saturated carbocycles. The molecule has 2 nitrogen and oxygen atoms in total. The molecule has 1 N–H and O–H groups in total. The van der Waals surface area contributed by atoms with Gasteiger partial charge in [-0.05, 0) is 43.0 Å². The van der Waals surface area contributed by atoms with Crippen molar-refractivity contribution >= 4 is 10.9 Å². The van der Waals surface area contributed by atoms with Crippen molar-refractivity contribution in [2.45, 2.75) is 31.8 Å². The van der Waals surface area contributed by atoms with E-state index in [9.17, 15) is 9.50 Å². The number of aromatic nitrogens is 1. The highest BCUT2D eigenvalue weighted by atomic mass is 19.1. The van der Waals surface area contributed by atoms with Gasteiger partial charge in [0.25, 0.3) is 0 Å². The topological polar surface area (TPSA) is 25.2 Å². The van der Waals surface area contributed by atoms with Crippen molar-refractivity contribution < 1.29 is 9.50 Å². The average molecular weight is 233 g/mol. The largest absolute Gasteiger partial charge is 0.390 e. The number of benzene rings is 1. The lowest BCUT2D eigenvalue weighted by atomic mass is 10.0. The van der Waals surface area contributed by atoms with E-state index >= 15 is 0 Å². The van der Waals surface area contributed by atoms with Gasteiger partial charge in [0.05, 0.1) is 11.1 Å². The number of rotatable bonds is 2. The minimum absolute atomic E-state index is 0.197. The molecule has 0 saturated heterocycles. The number of hydrogen-bond acceptors (Lipinski definition) is 1. The van der Waals surface area contributed by atoms with Crippen LogP contribution in [0.3, 0.4) is 0 Å². The Morgan fingerprint density at radius 3 is 2.76 bits per heavy atom. The Kier molecular flexibility index (Phi) is 2.11. The maximum atomic E-state index is 14.0. The summed E-state index contributed by atoms with van der Waals surface area (Å²) in [7, 11) is 1.85. The summed E-state index contributed by atoms with van der Waals surface area (Å²) in [6.07, 6.45) is 4.17. The molecule has 2 aromatic rings. The molecule has 1 fully saturated rings. The Morgan fingerprint density at radius 2 is 2.12 bits per heavy atom. The van der Waals surface area contributed by atoms with Crippen molar-refractivity contribution in [2.75, 3.05) is 0 Å². The van der Waals surface area contributed by atoms with E-state index in [-0.39, 0.29) is 5.82 Å². The smallest absolute Gasteiger partial charge is 0.147 e. The first-order valence-electron chi connectivity index (χ1n) is 5.95. The molecule has 0 aliphatic heterocycles. The lowest BCUT2D eigenvalue weighted by Crippen LogP contribution is -2.10. The molecule has 0 radical (unpaired) electrons. The second-order valence-electron chi connectivity index (χ2n) is 5.30. The third kappa shape index (κ3) is 1.75. The average Bonchev–Trinajstić information content (AvgIpc) is 2.86. The molecule has 1 aliphatic rings. The maximum Gasteiger partial charge on any atom is 0.147 e. The van der Waals surface area contributed by atoms with Crippen molar-refractivity contribution in [1.82, 2.24) is 4.57 Å². The van der Waals surface area contributed by atoms with Crippen LogP contribution in [0.4, 0.5) is 4.39 Å². The van der Waals surface area contributed by atoms with Gasteiger partial charge >= 0.3 is 0 Å². The van der Waals surface area contributed by atoms with E-state index in [0.29, 0.717) is 11.9 Å². The highest BCUT2D eigenvalue weighted by Gasteiger charge is 2.40. The standard InChI is InChI=1S/C14H16FNO/c1-9-8-16(2)13-11(9)5-10(6-12(13)15)7-14(17)3-4-14/h5-6,8,17H,3-4,7H2,1-2H3. The number of nitrogens with zero attached hydrogens (tertiary/aromatic N) is 1. The molecular formula is C14H16FNO. The first-order valence-corrected chi connectivity index (χ1v) is 5.95. The summed E-state index contributed by atoms with van der Waals surface area (Å²) >= 11 is 0. The molecule has 17 heavy (non-hydrogen) atoms. The summed E-state index contributed by atoms with van der Waals surface area (Å²) in [5.74, 6) is -0.197. The zero-order chi connectivity index (χ0) is 12.2. The van der Waals surface area contributed by atoms with E-state index in [1.807, 2.05) is 30.8 Å². The molecule has 1 aliphatic carbocycles. The summed E-state index contributed by atoms with van der Waals surface area (Å²) in [5, 5.41) is 10.8. The molecule has 90 valence electrons. The van der Waals surface area contributed by atoms with Gasteiger partial charge in [-0.3, -0.25) is 0 Å². The minimum Gasteiger partial charge on any atom is -0.390 e. The Morgan fingerprint density at radius 1 is 1.41 bits per heavy atom. The van der Waals surface area contributed by atoms with Crippen LogP contribution in [-0.4, -0.2) is 15.3 Å². The number of halogens is 1. The van der Waals surface area contributed by atoms with Crippen LogP contribution in [0.2, 0.25) is 0 Å². The van der Waals surface area contributed by atoms with Gasteiger partial charge in [-0.2, -0.15) is 0 Å². The van der Waals surface area contributed by atoms with E-state index in [4.69, 9.17) is 0 Å². The quantitative estimate of drug-likeness (QED) is 0.847. The summed E-state index contributed by atoms with van der Waals surface area (Å²) in [4.78, 5) is 0. The molecule has 1 heterocycles. The van der Waals surface area contributed by atoms with Crippen LogP contribution in [0.1, 0.15) is 24.0 Å². The molecule has 0 spiro atoms. The van der Waals surface area contributed by atoms with Gasteiger partial charge in [0.15, 0.2) is 0 Å². The summed E-state index contributed by atoms with van der Waals surface area (Å²) in [6, 6.07) is 3.56. The van der Waals surface area contributed by atoms with Crippen molar-refractivity contribution in [3.05, 3.63) is 35.3 Å². The second kappa shape index (κ2) is 3.33. The molecule has 0 unspecified atom stereocenters. The summed E-state index contributed by atoms with van der Waals surface area (Å²) < 4.78 is 15.8. The predicted molar refractivity (Wildman–Crippen MR) is 65.5 cm³/mol. The third-order valence-electron chi connectivity index (χ3n) is 3.65. The molecule has 1 aromatic heterocycles. The Hall–Kier alpha value is -1.35. The van der Waals surface area contributed by atoms with Crippen LogP contribution in [0.25, 0.3) is 10.9 Å². The summed E-state index contributed by atoms with van der Waals surface area (Å²) in [5.41, 5.74) is 2.05. The number of hydrogen-bond donors (Lipinski definition) is 1. The highest BCUT2D eigenvalue weighted by Crippen LogP contribution is 2.39. The van der Waals surface area contributed by atoms with Gasteiger partial charge in [-0.25, -0.2) is 4.39 Å². The third-order valence-corrected chi connectivity index (χ3v) is 3.65. The van der Waals surface area contributed by atoms with Gasteiger partial charge in [0.1, 0.15) is 5.82 Å².